The normalized spacial score (nSPS) is 9.76. The van der Waals surface area contributed by atoms with Crippen LogP contribution in [-0.4, -0.2) is 0 Å². The van der Waals surface area contributed by atoms with Crippen molar-refractivity contribution in [1.29, 1.82) is 0 Å². The molecule has 136 heavy (non-hydrogen) atoms. The van der Waals surface area contributed by atoms with Gasteiger partial charge in [0.05, 0.1) is 0 Å². The highest BCUT2D eigenvalue weighted by molar-refractivity contribution is 5.89. The summed E-state index contributed by atoms with van der Waals surface area (Å²) in [6.07, 6.45) is 0. The van der Waals surface area contributed by atoms with Crippen molar-refractivity contribution in [3.05, 3.63) is 534 Å². The fourth-order valence-corrected chi connectivity index (χ4v) is 15.7. The number of hydrogen-bond donors (Lipinski definition) is 0. The molecule has 0 heteroatoms. The Labute approximate surface area is 816 Å². The van der Waals surface area contributed by atoms with Gasteiger partial charge in [-0.1, -0.05) is 626 Å². The van der Waals surface area contributed by atoms with Gasteiger partial charge in [-0.2, -0.15) is 0 Å². The molecule has 0 nitrogen and oxygen atoms in total. The van der Waals surface area contributed by atoms with E-state index in [2.05, 4.69) is 534 Å². The molecule has 0 saturated carbocycles. The van der Waals surface area contributed by atoms with Crippen LogP contribution in [-0.2, 0) is 0 Å². The van der Waals surface area contributed by atoms with Gasteiger partial charge in [-0.25, -0.2) is 0 Å². The zero-order valence-electron chi connectivity index (χ0n) is 82.8. The van der Waals surface area contributed by atoms with E-state index in [1.165, 1.54) is 178 Å². The summed E-state index contributed by atoms with van der Waals surface area (Å²) in [6.45, 7) is 32.0. The summed E-state index contributed by atoms with van der Waals surface area (Å²) in [6, 6.07) is 190. The van der Waals surface area contributed by atoms with E-state index in [1.54, 1.807) is 0 Å². The van der Waals surface area contributed by atoms with Gasteiger partial charge in [0.15, 0.2) is 0 Å². The Morgan fingerprint density at radius 3 is 0.287 bits per heavy atom. The molecule has 0 bridgehead atoms. The van der Waals surface area contributed by atoms with Gasteiger partial charge in [0.2, 0.25) is 0 Å². The first-order chi connectivity index (χ1) is 67.5. The summed E-state index contributed by atoms with van der Waals surface area (Å²) in [5.41, 5.74) is 39.8. The second kappa shape index (κ2) is 59.0. The average Bonchev–Trinajstić information content (AvgIpc) is 0.789. The summed E-state index contributed by atoms with van der Waals surface area (Å²) < 4.78 is 0. The molecule has 0 spiro atoms. The van der Waals surface area contributed by atoms with Gasteiger partial charge < -0.3 is 0 Å². The van der Waals surface area contributed by atoms with Crippen molar-refractivity contribution in [3.63, 3.8) is 0 Å². The zero-order chi connectivity index (χ0) is 96.7. The maximum Gasteiger partial charge on any atom is -0.0105 e. The highest BCUT2D eigenvalue weighted by Crippen LogP contribution is 2.40. The Morgan fingerprint density at radius 1 is 0.0662 bits per heavy atom. The van der Waals surface area contributed by atoms with Crippen LogP contribution < -0.4 is 0 Å². The lowest BCUT2D eigenvalue weighted by Crippen LogP contribution is -1.87. The molecule has 0 radical (unpaired) electrons. The Kier molecular flexibility index (Phi) is 45.2. The van der Waals surface area contributed by atoms with E-state index in [0.717, 1.165) is 0 Å². The van der Waals surface area contributed by atoms with Gasteiger partial charge in [-0.15, -0.1) is 0 Å². The predicted molar refractivity (Wildman–Crippen MR) is 604 cm³/mol. The molecule has 0 aliphatic heterocycles. The molecule has 0 N–H and O–H groups in total. The number of hydrogen-bond acceptors (Lipinski definition) is 0. The first-order valence-corrected chi connectivity index (χ1v) is 49.2. The molecule has 0 heterocycles. The van der Waals surface area contributed by atoms with E-state index in [-0.39, 0.29) is 0 Å². The molecule has 20 rings (SSSR count). The molecule has 20 aromatic rings. The minimum atomic E-state index is 1.23. The Hall–Kier alpha value is -15.6. The maximum absolute atomic E-state index is 2.27. The average molecular weight is 1770 g/mol. The van der Waals surface area contributed by atoms with Crippen molar-refractivity contribution in [2.75, 3.05) is 0 Å². The first-order valence-electron chi connectivity index (χ1n) is 49.2. The van der Waals surface area contributed by atoms with Gasteiger partial charge in [0.1, 0.15) is 0 Å². The van der Waals surface area contributed by atoms with Gasteiger partial charge in [0, 0.05) is 0 Å². The lowest BCUT2D eigenvalue weighted by molar-refractivity contribution is 1.50. The van der Waals surface area contributed by atoms with E-state index in [0.29, 0.717) is 0 Å². The van der Waals surface area contributed by atoms with Gasteiger partial charge in [-0.3, -0.25) is 0 Å². The van der Waals surface area contributed by atoms with Crippen LogP contribution in [0.25, 0.3) is 178 Å². The second-order valence-corrected chi connectivity index (χ2v) is 29.8. The molecule has 0 fully saturated rings. The first kappa shape index (κ1) is 104. The molecule has 0 unspecified atom stereocenters. The van der Waals surface area contributed by atoms with Crippen LogP contribution in [0.1, 0.15) is 111 Å². The quantitative estimate of drug-likeness (QED) is 0.0904. The van der Waals surface area contributed by atoms with E-state index in [4.69, 9.17) is 0 Å². The lowest BCUT2D eigenvalue weighted by atomic mass is 9.91. The van der Waals surface area contributed by atoms with Crippen LogP contribution in [0.4, 0.5) is 0 Å². The van der Waals surface area contributed by atoms with E-state index < -0.39 is 0 Å². The molecule has 680 valence electrons. The minimum Gasteiger partial charge on any atom is -0.0683 e. The molecule has 0 aromatic heterocycles. The predicted octanol–water partition coefficient (Wildman–Crippen LogP) is 41.6. The summed E-state index contributed by atoms with van der Waals surface area (Å²) in [5.74, 6) is 0. The molecular weight excluding hydrogens is 1630 g/mol. The van der Waals surface area contributed by atoms with Crippen molar-refractivity contribution in [3.8, 4) is 178 Å². The summed E-state index contributed by atoms with van der Waals surface area (Å²) in [4.78, 5) is 0. The fourth-order valence-electron chi connectivity index (χ4n) is 15.7. The van der Waals surface area contributed by atoms with E-state index in [9.17, 15) is 0 Å². The smallest absolute Gasteiger partial charge is 0.0105 e. The highest BCUT2D eigenvalue weighted by Gasteiger charge is 2.14. The van der Waals surface area contributed by atoms with Crippen LogP contribution in [0.5, 0.6) is 0 Å². The minimum absolute atomic E-state index is 1.23. The zero-order valence-corrected chi connectivity index (χ0v) is 82.8. The van der Waals surface area contributed by atoms with Crippen molar-refractivity contribution >= 4 is 0 Å². The summed E-state index contributed by atoms with van der Waals surface area (Å²) >= 11 is 0. The van der Waals surface area contributed by atoms with Crippen LogP contribution in [0.3, 0.4) is 0 Å². The molecule has 20 aromatic carbocycles. The van der Waals surface area contributed by atoms with Crippen molar-refractivity contribution in [2.45, 2.75) is 111 Å². The van der Waals surface area contributed by atoms with Crippen molar-refractivity contribution in [2.24, 2.45) is 0 Å². The summed E-state index contributed by atoms with van der Waals surface area (Å²) in [7, 11) is 0. The topological polar surface area (TPSA) is 0 Å². The van der Waals surface area contributed by atoms with Gasteiger partial charge in [-0.05, 0) is 196 Å². The maximum atomic E-state index is 2.27. The standard InChI is InChI=1S/4C30H22.8C2H6/c1-3-11-23(12-4-1)27-15-7-9-17-29(27)25-19-21-26(22-20-25)30-18-10-8-16-28(30)24-13-5-2-6-14-24;1-3-9-23(10-4-1)27-13-7-15-29(21-27)25-17-19-26(20-18-25)30-16-8-14-28(22-30)24-11-5-2-6-12-24;1-3-10-23(11-4-1)27-14-9-15-28(22-27)24-18-20-26(21-19-24)30-17-8-7-16-29(30)25-12-5-2-6-13-25;1-3-7-23(8-4-1)25-11-15-27(16-12-25)29-19-21-30(22-20-29)28-17-13-26(14-18-28)24-9-5-2-6-10-24;8*1-2/h4*1-22H;8*1-2H3. The monoisotopic (exact) mass is 1770 g/mol. The van der Waals surface area contributed by atoms with Crippen molar-refractivity contribution < 1.29 is 0 Å². The highest BCUT2D eigenvalue weighted by atomic mass is 14.2. The SMILES string of the molecule is CC.CC.CC.CC.CC.CC.CC.CC.c1ccc(-c2ccc(-c3ccc(-c4ccc(-c5ccccc5)cc4)cc3)cc2)cc1.c1ccc(-c2cccc(-c3ccc(-c4cccc(-c5ccccc5)c4)cc3)c2)cc1.c1ccc(-c2cccc(-c3ccc(-c4ccccc4-c4ccccc4)cc3)c2)cc1.c1ccc(-c2ccccc2-c2ccc(-c3ccccc3-c3ccccc3)cc2)cc1. The molecule has 0 atom stereocenters. The second-order valence-electron chi connectivity index (χ2n) is 29.8. The van der Waals surface area contributed by atoms with Crippen molar-refractivity contribution in [1.82, 2.24) is 0 Å². The Morgan fingerprint density at radius 2 is 0.147 bits per heavy atom. The fraction of sp³-hybridized carbons (Fsp3) is 0.118. The summed E-state index contributed by atoms with van der Waals surface area (Å²) in [5, 5.41) is 0. The third kappa shape index (κ3) is 29.4. The molecule has 0 aliphatic rings. The molecule has 0 amide bonds. The van der Waals surface area contributed by atoms with Crippen LogP contribution in [0, 0.1) is 0 Å². The molecule has 0 saturated heterocycles. The number of benzene rings is 20. The Balaban J connectivity index is 0.000000193. The lowest BCUT2D eigenvalue weighted by Gasteiger charge is -2.13. The third-order valence-electron chi connectivity index (χ3n) is 22.1. The molecular formula is C136H136. The van der Waals surface area contributed by atoms with Crippen LogP contribution >= 0.6 is 0 Å². The third-order valence-corrected chi connectivity index (χ3v) is 22.1. The van der Waals surface area contributed by atoms with Gasteiger partial charge >= 0.3 is 0 Å². The van der Waals surface area contributed by atoms with Crippen LogP contribution in [0.15, 0.2) is 534 Å². The number of rotatable bonds is 16. The Bertz CT molecular complexity index is 6310. The largest absolute Gasteiger partial charge is 0.0683 e. The van der Waals surface area contributed by atoms with Gasteiger partial charge in [0.25, 0.3) is 0 Å². The van der Waals surface area contributed by atoms with Crippen LogP contribution in [0.2, 0.25) is 0 Å². The molecule has 0 aliphatic carbocycles. The van der Waals surface area contributed by atoms with E-state index in [1.807, 2.05) is 111 Å². The van der Waals surface area contributed by atoms with E-state index >= 15 is 0 Å².